The zero-order valence-corrected chi connectivity index (χ0v) is 16.8. The first kappa shape index (κ1) is 21.2. The summed E-state index contributed by atoms with van der Waals surface area (Å²) in [5.41, 5.74) is 0.172. The molecule has 3 unspecified atom stereocenters. The van der Waals surface area contributed by atoms with Crippen molar-refractivity contribution >= 4 is 28.9 Å². The lowest BCUT2D eigenvalue weighted by Crippen LogP contribution is -2.44. The van der Waals surface area contributed by atoms with E-state index in [1.165, 1.54) is 11.3 Å². The molecule has 1 saturated heterocycles. The number of halogens is 3. The van der Waals surface area contributed by atoms with Crippen molar-refractivity contribution in [3.05, 3.63) is 64.4 Å². The van der Waals surface area contributed by atoms with Crippen LogP contribution in [0.25, 0.3) is 0 Å². The number of aliphatic carboxylic acids is 1. The fourth-order valence-corrected chi connectivity index (χ4v) is 4.60. The van der Waals surface area contributed by atoms with Crippen molar-refractivity contribution < 1.29 is 23.1 Å². The molecule has 2 aromatic heterocycles. The number of thiazole rings is 1. The number of rotatable bonds is 5. The number of hydrogen-bond donors (Lipinski definition) is 3. The largest absolute Gasteiger partial charge is 0.481 e. The molecule has 0 spiro atoms. The van der Waals surface area contributed by atoms with Crippen molar-refractivity contribution in [3.8, 4) is 0 Å². The molecule has 0 aliphatic carbocycles. The van der Waals surface area contributed by atoms with Crippen molar-refractivity contribution in [1.29, 1.82) is 0 Å². The Balaban J connectivity index is 1.61. The maximum Gasteiger partial charge on any atom is 0.433 e. The molecule has 0 bridgehead atoms. The van der Waals surface area contributed by atoms with Crippen LogP contribution in [-0.2, 0) is 11.0 Å². The Morgan fingerprint density at radius 2 is 1.97 bits per heavy atom. The zero-order valence-electron chi connectivity index (χ0n) is 16.0. The summed E-state index contributed by atoms with van der Waals surface area (Å²) in [5, 5.41) is 18.6. The molecule has 1 aliphatic rings. The molecule has 3 N–H and O–H groups in total. The number of benzene rings is 1. The van der Waals surface area contributed by atoms with Gasteiger partial charge in [-0.05, 0) is 23.8 Å². The van der Waals surface area contributed by atoms with Crippen molar-refractivity contribution in [2.24, 2.45) is 5.92 Å². The minimum absolute atomic E-state index is 0.191. The van der Waals surface area contributed by atoms with E-state index >= 15 is 0 Å². The fourth-order valence-electron chi connectivity index (χ4n) is 3.81. The second-order valence-electron chi connectivity index (χ2n) is 7.12. The highest BCUT2D eigenvalue weighted by molar-refractivity contribution is 7.09. The highest BCUT2D eigenvalue weighted by Crippen LogP contribution is 2.40. The van der Waals surface area contributed by atoms with E-state index in [4.69, 9.17) is 0 Å². The average Bonchev–Trinajstić information content (AvgIpc) is 3.28. The van der Waals surface area contributed by atoms with E-state index < -0.39 is 23.8 Å². The zero-order chi connectivity index (χ0) is 22.0. The van der Waals surface area contributed by atoms with Gasteiger partial charge in [0.15, 0.2) is 0 Å². The Hall–Kier alpha value is -3.05. The summed E-state index contributed by atoms with van der Waals surface area (Å²) in [6, 6.07) is 7.71. The third-order valence-electron chi connectivity index (χ3n) is 5.17. The molecule has 4 rings (SSSR count). The lowest BCUT2D eigenvalue weighted by atomic mass is 9.75. The van der Waals surface area contributed by atoms with Crippen LogP contribution in [0.2, 0.25) is 0 Å². The lowest BCUT2D eigenvalue weighted by Gasteiger charge is -2.35. The Labute approximate surface area is 179 Å². The van der Waals surface area contributed by atoms with Crippen LogP contribution in [-0.4, -0.2) is 39.1 Å². The van der Waals surface area contributed by atoms with E-state index in [-0.39, 0.29) is 17.8 Å². The van der Waals surface area contributed by atoms with Crippen molar-refractivity contribution in [1.82, 2.24) is 20.3 Å². The molecule has 162 valence electrons. The molecule has 0 amide bonds. The Bertz CT molecular complexity index is 1060. The first-order chi connectivity index (χ1) is 14.8. The topological polar surface area (TPSA) is 100 Å². The molecule has 3 heterocycles. The highest BCUT2D eigenvalue weighted by atomic mass is 32.1. The summed E-state index contributed by atoms with van der Waals surface area (Å²) in [4.78, 5) is 23.8. The van der Waals surface area contributed by atoms with Crippen LogP contribution in [0.4, 0.5) is 24.8 Å². The van der Waals surface area contributed by atoms with Gasteiger partial charge < -0.3 is 15.7 Å². The van der Waals surface area contributed by atoms with Crippen LogP contribution in [0, 0.1) is 5.92 Å². The van der Waals surface area contributed by atoms with Gasteiger partial charge in [0, 0.05) is 48.4 Å². The molecule has 0 radical (unpaired) electrons. The number of hydrogen-bond acceptors (Lipinski definition) is 7. The SMILES string of the molecule is O=C(O)C1C(c2cccc(Nc3nccc(C(F)(F)F)n3)c2)CNCC1c1nccs1. The van der Waals surface area contributed by atoms with Gasteiger partial charge in [-0.25, -0.2) is 15.0 Å². The third kappa shape index (κ3) is 4.67. The molecular weight excluding hydrogens is 431 g/mol. The minimum Gasteiger partial charge on any atom is -0.481 e. The van der Waals surface area contributed by atoms with E-state index in [0.717, 1.165) is 22.8 Å². The van der Waals surface area contributed by atoms with Crippen LogP contribution < -0.4 is 10.6 Å². The van der Waals surface area contributed by atoms with E-state index in [1.807, 2.05) is 11.4 Å². The van der Waals surface area contributed by atoms with Gasteiger partial charge >= 0.3 is 12.1 Å². The maximum atomic E-state index is 12.9. The molecule has 3 atom stereocenters. The van der Waals surface area contributed by atoms with Gasteiger partial charge in [0.2, 0.25) is 5.95 Å². The monoisotopic (exact) mass is 449 g/mol. The van der Waals surface area contributed by atoms with Gasteiger partial charge in [-0.3, -0.25) is 4.79 Å². The number of aromatic nitrogens is 3. The standard InChI is InChI=1S/C20H18F3N5O2S/c21-20(22,23)15-4-5-26-19(28-15)27-12-3-1-2-11(8-12)13-9-24-10-14(16(13)18(29)30)17-25-6-7-31-17/h1-8,13-14,16,24H,9-10H2,(H,29,30)(H,26,27,28). The van der Waals surface area contributed by atoms with Crippen LogP contribution in [0.3, 0.4) is 0 Å². The Morgan fingerprint density at radius 1 is 1.16 bits per heavy atom. The van der Waals surface area contributed by atoms with Crippen molar-refractivity contribution in [3.63, 3.8) is 0 Å². The van der Waals surface area contributed by atoms with Gasteiger partial charge in [0.25, 0.3) is 0 Å². The maximum absolute atomic E-state index is 12.9. The number of nitrogens with zero attached hydrogens (tertiary/aromatic N) is 3. The van der Waals surface area contributed by atoms with E-state index in [9.17, 15) is 23.1 Å². The second kappa shape index (κ2) is 8.60. The number of alkyl halides is 3. The molecule has 1 fully saturated rings. The second-order valence-corrected chi connectivity index (χ2v) is 8.05. The summed E-state index contributed by atoms with van der Waals surface area (Å²) < 4.78 is 38.7. The highest BCUT2D eigenvalue weighted by Gasteiger charge is 2.41. The van der Waals surface area contributed by atoms with Gasteiger partial charge in [0.1, 0.15) is 5.69 Å². The summed E-state index contributed by atoms with van der Waals surface area (Å²) >= 11 is 1.42. The van der Waals surface area contributed by atoms with Gasteiger partial charge in [0.05, 0.1) is 10.9 Å². The van der Waals surface area contributed by atoms with Crippen LogP contribution >= 0.6 is 11.3 Å². The van der Waals surface area contributed by atoms with Crippen LogP contribution in [0.5, 0.6) is 0 Å². The normalized spacial score (nSPS) is 21.6. The summed E-state index contributed by atoms with van der Waals surface area (Å²) in [7, 11) is 0. The average molecular weight is 449 g/mol. The molecule has 3 aromatic rings. The van der Waals surface area contributed by atoms with Gasteiger partial charge in [-0.1, -0.05) is 12.1 Å². The Kier molecular flexibility index (Phi) is 5.88. The van der Waals surface area contributed by atoms with E-state index in [2.05, 4.69) is 25.6 Å². The van der Waals surface area contributed by atoms with Crippen LogP contribution in [0.1, 0.15) is 28.1 Å². The predicted molar refractivity (Wildman–Crippen MR) is 108 cm³/mol. The van der Waals surface area contributed by atoms with Crippen LogP contribution in [0.15, 0.2) is 48.1 Å². The summed E-state index contributed by atoms with van der Waals surface area (Å²) in [6.07, 6.45) is -1.89. The predicted octanol–water partition coefficient (Wildman–Crippen LogP) is 3.87. The summed E-state index contributed by atoms with van der Waals surface area (Å²) in [5.74, 6) is -2.41. The van der Waals surface area contributed by atoms with Gasteiger partial charge in [-0.15, -0.1) is 11.3 Å². The quantitative estimate of drug-likeness (QED) is 0.544. The molecule has 31 heavy (non-hydrogen) atoms. The molecule has 11 heteroatoms. The summed E-state index contributed by atoms with van der Waals surface area (Å²) in [6.45, 7) is 0.972. The first-order valence-corrected chi connectivity index (χ1v) is 10.3. The first-order valence-electron chi connectivity index (χ1n) is 9.43. The lowest BCUT2D eigenvalue weighted by molar-refractivity contribution is -0.144. The number of carbonyl (C=O) groups is 1. The smallest absolute Gasteiger partial charge is 0.433 e. The molecule has 0 saturated carbocycles. The van der Waals surface area contributed by atoms with E-state index in [1.54, 1.807) is 24.4 Å². The number of nitrogens with one attached hydrogen (secondary N) is 2. The number of piperidine rings is 1. The minimum atomic E-state index is -4.57. The fraction of sp³-hybridized carbons (Fsp3) is 0.300. The third-order valence-corrected chi connectivity index (χ3v) is 6.07. The van der Waals surface area contributed by atoms with Crippen molar-refractivity contribution in [2.45, 2.75) is 18.0 Å². The molecule has 1 aliphatic heterocycles. The number of carboxylic acids is 1. The van der Waals surface area contributed by atoms with Gasteiger partial charge in [-0.2, -0.15) is 13.2 Å². The molecule has 7 nitrogen and oxygen atoms in total. The molecule has 1 aromatic carbocycles. The number of carboxylic acid groups (broad SMARTS) is 1. The Morgan fingerprint density at radius 3 is 2.68 bits per heavy atom. The van der Waals surface area contributed by atoms with Crippen molar-refractivity contribution in [2.75, 3.05) is 18.4 Å². The van der Waals surface area contributed by atoms with E-state index in [0.29, 0.717) is 18.8 Å². The number of anilines is 2. The molecular formula is C20H18F3N5O2S.